The molecule has 0 atom stereocenters. The fraction of sp³-hybridized carbons (Fsp3) is 0.250. The Morgan fingerprint density at radius 1 is 1.12 bits per heavy atom. The maximum atomic E-state index is 12.8. The third kappa shape index (κ3) is 2.66. The summed E-state index contributed by atoms with van der Waals surface area (Å²) in [5, 5.41) is 0. The van der Waals surface area contributed by atoms with Crippen molar-refractivity contribution in [1.82, 2.24) is 9.55 Å². The van der Waals surface area contributed by atoms with Crippen molar-refractivity contribution >= 4 is 23.1 Å². The van der Waals surface area contributed by atoms with Crippen molar-refractivity contribution in [2.24, 2.45) is 4.99 Å². The van der Waals surface area contributed by atoms with Gasteiger partial charge in [0.25, 0.3) is 5.56 Å². The van der Waals surface area contributed by atoms with Crippen LogP contribution < -0.4 is 19.8 Å². The number of aromatic nitrogens is 2. The first-order valence-corrected chi connectivity index (χ1v) is 9.63. The Bertz CT molecular complexity index is 1150. The van der Waals surface area contributed by atoms with E-state index >= 15 is 0 Å². The number of rotatable bonds is 2. The van der Waals surface area contributed by atoms with Gasteiger partial charge in [0.2, 0.25) is 0 Å². The molecule has 0 fully saturated rings. The van der Waals surface area contributed by atoms with Crippen molar-refractivity contribution in [3.8, 4) is 0 Å². The molecule has 26 heavy (non-hydrogen) atoms. The maximum absolute atomic E-state index is 12.8. The highest BCUT2D eigenvalue weighted by atomic mass is 32.1. The predicted molar refractivity (Wildman–Crippen MR) is 103 cm³/mol. The van der Waals surface area contributed by atoms with Crippen molar-refractivity contribution in [2.75, 3.05) is 11.6 Å². The number of thiazole rings is 1. The normalized spacial score (nSPS) is 16.3. The van der Waals surface area contributed by atoms with Gasteiger partial charge >= 0.3 is 0 Å². The molecular weight excluding hydrogens is 344 g/mol. The SMILES string of the molecule is O=c1c(=Cc2ccccn2)sc2n1CN(c1ccc3c(c1)CCC3)CN=2. The predicted octanol–water partition coefficient (Wildman–Crippen LogP) is 1.68. The molecule has 0 N–H and O–H groups in total. The van der Waals surface area contributed by atoms with Gasteiger partial charge in [-0.25, -0.2) is 4.99 Å². The summed E-state index contributed by atoms with van der Waals surface area (Å²) in [6.45, 7) is 1.13. The van der Waals surface area contributed by atoms with E-state index < -0.39 is 0 Å². The van der Waals surface area contributed by atoms with Crippen LogP contribution in [0, 0.1) is 0 Å². The van der Waals surface area contributed by atoms with Crippen LogP contribution >= 0.6 is 11.3 Å². The van der Waals surface area contributed by atoms with Gasteiger partial charge in [-0.1, -0.05) is 23.5 Å². The fourth-order valence-electron chi connectivity index (χ4n) is 3.63. The molecule has 130 valence electrons. The van der Waals surface area contributed by atoms with Gasteiger partial charge in [-0.15, -0.1) is 0 Å². The van der Waals surface area contributed by atoms with Crippen LogP contribution in [0.25, 0.3) is 6.08 Å². The average Bonchev–Trinajstić information content (AvgIpc) is 3.27. The maximum Gasteiger partial charge on any atom is 0.271 e. The second kappa shape index (κ2) is 6.21. The van der Waals surface area contributed by atoms with Gasteiger partial charge in [-0.2, -0.15) is 0 Å². The van der Waals surface area contributed by atoms with Crippen molar-refractivity contribution in [3.05, 3.63) is 79.1 Å². The number of pyridine rings is 1. The summed E-state index contributed by atoms with van der Waals surface area (Å²) in [6, 6.07) is 12.3. The van der Waals surface area contributed by atoms with Gasteiger partial charge < -0.3 is 4.90 Å². The Hall–Kier alpha value is -2.73. The van der Waals surface area contributed by atoms with E-state index in [1.54, 1.807) is 10.8 Å². The molecule has 0 amide bonds. The van der Waals surface area contributed by atoms with E-state index in [-0.39, 0.29) is 5.56 Å². The number of nitrogens with zero attached hydrogens (tertiary/aromatic N) is 4. The molecule has 0 spiro atoms. The summed E-state index contributed by atoms with van der Waals surface area (Å²) in [6.07, 6.45) is 7.15. The Balaban J connectivity index is 1.50. The molecule has 5 nitrogen and oxygen atoms in total. The summed E-state index contributed by atoms with van der Waals surface area (Å²) < 4.78 is 2.44. The summed E-state index contributed by atoms with van der Waals surface area (Å²) in [7, 11) is 0. The van der Waals surface area contributed by atoms with Crippen LogP contribution in [0.15, 0.2) is 52.4 Å². The second-order valence-electron chi connectivity index (χ2n) is 6.67. The van der Waals surface area contributed by atoms with Crippen molar-refractivity contribution in [3.63, 3.8) is 0 Å². The highest BCUT2D eigenvalue weighted by Crippen LogP contribution is 2.27. The highest BCUT2D eigenvalue weighted by Gasteiger charge is 2.18. The van der Waals surface area contributed by atoms with Crippen LogP contribution in [0.3, 0.4) is 0 Å². The zero-order chi connectivity index (χ0) is 17.5. The van der Waals surface area contributed by atoms with E-state index in [4.69, 9.17) is 0 Å². The Morgan fingerprint density at radius 3 is 2.92 bits per heavy atom. The van der Waals surface area contributed by atoms with Crippen LogP contribution in [0.1, 0.15) is 23.2 Å². The highest BCUT2D eigenvalue weighted by molar-refractivity contribution is 7.07. The Labute approximate surface area is 154 Å². The van der Waals surface area contributed by atoms with Gasteiger partial charge in [-0.3, -0.25) is 14.3 Å². The first-order chi connectivity index (χ1) is 12.8. The molecule has 2 aromatic heterocycles. The smallest absolute Gasteiger partial charge is 0.271 e. The molecule has 6 heteroatoms. The fourth-order valence-corrected chi connectivity index (χ4v) is 4.57. The zero-order valence-electron chi connectivity index (χ0n) is 14.3. The van der Waals surface area contributed by atoms with Gasteiger partial charge in [0.15, 0.2) is 4.80 Å². The van der Waals surface area contributed by atoms with E-state index in [2.05, 4.69) is 33.1 Å². The van der Waals surface area contributed by atoms with Gasteiger partial charge in [0.1, 0.15) is 13.3 Å². The van der Waals surface area contributed by atoms with Gasteiger partial charge in [-0.05, 0) is 60.7 Å². The molecule has 5 rings (SSSR count). The first-order valence-electron chi connectivity index (χ1n) is 8.81. The first kappa shape index (κ1) is 15.5. The standard InChI is InChI=1S/C20H18N4OS/c25-19-18(11-16-6-1-2-9-21-16)26-20-22-12-23(13-24(19)20)17-8-7-14-4-3-5-15(14)10-17/h1-2,6-11H,3-5,12-13H2. The van der Waals surface area contributed by atoms with E-state index in [1.807, 2.05) is 24.3 Å². The van der Waals surface area contributed by atoms with Gasteiger partial charge in [0, 0.05) is 11.9 Å². The lowest BCUT2D eigenvalue weighted by Gasteiger charge is -2.26. The lowest BCUT2D eigenvalue weighted by Crippen LogP contribution is -2.42. The van der Waals surface area contributed by atoms with Gasteiger partial charge in [0.05, 0.1) is 10.2 Å². The largest absolute Gasteiger partial charge is 0.334 e. The van der Waals surface area contributed by atoms with E-state index in [0.29, 0.717) is 17.9 Å². The van der Waals surface area contributed by atoms with E-state index in [1.165, 1.54) is 35.3 Å². The number of hydrogen-bond acceptors (Lipinski definition) is 5. The summed E-state index contributed by atoms with van der Waals surface area (Å²) in [5.41, 5.74) is 4.84. The molecule has 0 radical (unpaired) electrons. The van der Waals surface area contributed by atoms with E-state index in [0.717, 1.165) is 22.6 Å². The Kier molecular flexibility index (Phi) is 3.71. The Morgan fingerprint density at radius 2 is 2.04 bits per heavy atom. The molecule has 0 saturated heterocycles. The second-order valence-corrected chi connectivity index (χ2v) is 7.68. The minimum absolute atomic E-state index is 0.00487. The third-order valence-electron chi connectivity index (χ3n) is 4.99. The molecular formula is C20H18N4OS. The molecule has 2 aliphatic rings. The topological polar surface area (TPSA) is 50.5 Å². The van der Waals surface area contributed by atoms with Crippen molar-refractivity contribution in [1.29, 1.82) is 0 Å². The minimum Gasteiger partial charge on any atom is -0.334 e. The summed E-state index contributed by atoms with van der Waals surface area (Å²) in [5.74, 6) is 0. The third-order valence-corrected chi connectivity index (χ3v) is 6.04. The monoisotopic (exact) mass is 362 g/mol. The molecule has 3 aromatic rings. The van der Waals surface area contributed by atoms with Crippen LogP contribution in [0.5, 0.6) is 0 Å². The lowest BCUT2D eigenvalue weighted by atomic mass is 10.1. The number of hydrogen-bond donors (Lipinski definition) is 0. The molecule has 0 saturated carbocycles. The van der Waals surface area contributed by atoms with Crippen LogP contribution in [-0.4, -0.2) is 16.2 Å². The minimum atomic E-state index is 0.00487. The molecule has 0 unspecified atom stereocenters. The summed E-state index contributed by atoms with van der Waals surface area (Å²) in [4.78, 5) is 24.7. The van der Waals surface area contributed by atoms with Crippen molar-refractivity contribution < 1.29 is 0 Å². The number of anilines is 1. The number of fused-ring (bicyclic) bond motifs is 2. The lowest BCUT2D eigenvalue weighted by molar-refractivity contribution is 0.569. The van der Waals surface area contributed by atoms with E-state index in [9.17, 15) is 4.79 Å². The summed E-state index contributed by atoms with van der Waals surface area (Å²) >= 11 is 1.44. The molecule has 3 heterocycles. The molecule has 1 aliphatic heterocycles. The van der Waals surface area contributed by atoms with Crippen LogP contribution in [-0.2, 0) is 19.5 Å². The molecule has 1 aliphatic carbocycles. The zero-order valence-corrected chi connectivity index (χ0v) is 15.1. The van der Waals surface area contributed by atoms with Crippen LogP contribution in [0.4, 0.5) is 5.69 Å². The van der Waals surface area contributed by atoms with Crippen molar-refractivity contribution in [2.45, 2.75) is 25.9 Å². The van der Waals surface area contributed by atoms with Crippen LogP contribution in [0.2, 0.25) is 0 Å². The molecule has 0 bridgehead atoms. The quantitative estimate of drug-likeness (QED) is 0.697. The molecule has 1 aromatic carbocycles. The average molecular weight is 362 g/mol. The number of benzene rings is 1. The number of aryl methyl sites for hydroxylation is 2.